The Morgan fingerprint density at radius 1 is 1.30 bits per heavy atom. The van der Waals surface area contributed by atoms with E-state index >= 15 is 0 Å². The molecule has 0 aromatic rings. The Kier molecular flexibility index (Phi) is 6.35. The second-order valence-corrected chi connectivity index (χ2v) is 9.62. The maximum Gasteiger partial charge on any atom is 0.237 e. The number of hydrogen-bond acceptors (Lipinski definition) is 8. The molecular weight excluding hydrogens is 388 g/mol. The fourth-order valence-electron chi connectivity index (χ4n) is 5.06. The van der Waals surface area contributed by atoms with Gasteiger partial charge in [0.15, 0.2) is 12.1 Å². The lowest BCUT2D eigenvalue weighted by molar-refractivity contribution is -0.216. The first-order valence-electron chi connectivity index (χ1n) is 11.1. The van der Waals surface area contributed by atoms with E-state index in [9.17, 15) is 15.2 Å². The number of ether oxygens (including phenoxy) is 3. The zero-order valence-corrected chi connectivity index (χ0v) is 18.1. The van der Waals surface area contributed by atoms with Crippen molar-refractivity contribution in [2.45, 2.75) is 82.5 Å². The van der Waals surface area contributed by atoms with Crippen molar-refractivity contribution in [2.75, 3.05) is 32.7 Å². The summed E-state index contributed by atoms with van der Waals surface area (Å²) < 4.78 is 17.4. The van der Waals surface area contributed by atoms with E-state index in [1.807, 2.05) is 13.8 Å². The minimum atomic E-state index is -0.719. The Balaban J connectivity index is 1.17. The van der Waals surface area contributed by atoms with E-state index in [1.165, 1.54) is 0 Å². The Labute approximate surface area is 178 Å². The van der Waals surface area contributed by atoms with Crippen LogP contribution in [0.1, 0.15) is 40.0 Å². The van der Waals surface area contributed by atoms with Crippen LogP contribution in [0.3, 0.4) is 0 Å². The van der Waals surface area contributed by atoms with Crippen molar-refractivity contribution >= 4 is 5.91 Å². The molecule has 4 rings (SSSR count). The summed E-state index contributed by atoms with van der Waals surface area (Å²) in [6.45, 7) is 9.08. The zero-order chi connectivity index (χ0) is 21.5. The van der Waals surface area contributed by atoms with Crippen LogP contribution in [-0.4, -0.2) is 96.0 Å². The molecule has 1 amide bonds. The second kappa shape index (κ2) is 8.69. The molecule has 0 saturated carbocycles. The number of fused-ring (bicyclic) bond motifs is 1. The summed E-state index contributed by atoms with van der Waals surface area (Å²) in [5.41, 5.74) is 0. The third-order valence-electron chi connectivity index (χ3n) is 6.66. The number of nitrogens with zero attached hydrogens (tertiary/aromatic N) is 3. The van der Waals surface area contributed by atoms with Crippen molar-refractivity contribution in [1.29, 1.82) is 5.26 Å². The summed E-state index contributed by atoms with van der Waals surface area (Å²) in [6.07, 6.45) is 0.688. The van der Waals surface area contributed by atoms with Crippen LogP contribution in [0.25, 0.3) is 0 Å². The predicted octanol–water partition coefficient (Wildman–Crippen LogP) is 0.0383. The molecule has 9 nitrogen and oxygen atoms in total. The second-order valence-electron chi connectivity index (χ2n) is 9.62. The lowest BCUT2D eigenvalue weighted by atomic mass is 10.0. The van der Waals surface area contributed by atoms with E-state index in [4.69, 9.17) is 14.2 Å². The molecule has 0 spiro atoms. The summed E-state index contributed by atoms with van der Waals surface area (Å²) >= 11 is 0. The van der Waals surface area contributed by atoms with Gasteiger partial charge in [-0.25, -0.2) is 0 Å². The average Bonchev–Trinajstić information content (AvgIpc) is 3.32. The minimum absolute atomic E-state index is 0.0188. The molecule has 0 radical (unpaired) electrons. The smallest absolute Gasteiger partial charge is 0.237 e. The molecule has 0 bridgehead atoms. The molecule has 2 N–H and O–H groups in total. The molecule has 4 saturated heterocycles. The van der Waals surface area contributed by atoms with Crippen LogP contribution in [0.5, 0.6) is 0 Å². The highest BCUT2D eigenvalue weighted by molar-refractivity contribution is 5.79. The van der Waals surface area contributed by atoms with Crippen molar-refractivity contribution in [1.82, 2.24) is 15.1 Å². The maximum absolute atomic E-state index is 12.5. The Morgan fingerprint density at radius 3 is 2.70 bits per heavy atom. The molecule has 6 atom stereocenters. The van der Waals surface area contributed by atoms with E-state index in [0.717, 1.165) is 32.4 Å². The maximum atomic E-state index is 12.5. The van der Waals surface area contributed by atoms with Gasteiger partial charge in [-0.05, 0) is 52.1 Å². The number of nitrogens with one attached hydrogen (secondary N) is 1. The van der Waals surface area contributed by atoms with Gasteiger partial charge >= 0.3 is 0 Å². The van der Waals surface area contributed by atoms with Gasteiger partial charge in [-0.15, -0.1) is 0 Å². The standard InChI is InChI=1S/C21H34N4O5/c1-13-8-15(9-22)25(11-13)17(26)10-23-14-4-6-24(7-5-14)12-16-18(27)19-20(28-16)30-21(2,3)29-19/h13-16,18-20,23,27H,4-8,10-12H2,1-3H3/t13?,15-,16+,18-,19+,20+/m0/s1. The van der Waals surface area contributed by atoms with Crippen molar-refractivity contribution in [2.24, 2.45) is 5.92 Å². The summed E-state index contributed by atoms with van der Waals surface area (Å²) in [5.74, 6) is -0.315. The summed E-state index contributed by atoms with van der Waals surface area (Å²) in [6, 6.07) is 2.25. The lowest BCUT2D eigenvalue weighted by Crippen LogP contribution is -2.49. The summed E-state index contributed by atoms with van der Waals surface area (Å²) in [7, 11) is 0. The van der Waals surface area contributed by atoms with E-state index < -0.39 is 24.3 Å². The molecule has 168 valence electrons. The molecule has 30 heavy (non-hydrogen) atoms. The van der Waals surface area contributed by atoms with Crippen LogP contribution in [0.15, 0.2) is 0 Å². The number of aliphatic hydroxyl groups is 1. The third kappa shape index (κ3) is 4.64. The number of nitriles is 1. The van der Waals surface area contributed by atoms with Gasteiger partial charge in [-0.2, -0.15) is 5.26 Å². The number of piperidine rings is 1. The molecule has 1 unspecified atom stereocenters. The average molecular weight is 423 g/mol. The quantitative estimate of drug-likeness (QED) is 0.640. The number of carbonyl (C=O) groups is 1. The van der Waals surface area contributed by atoms with Gasteiger partial charge in [-0.1, -0.05) is 6.92 Å². The van der Waals surface area contributed by atoms with Crippen LogP contribution in [0.2, 0.25) is 0 Å². The van der Waals surface area contributed by atoms with E-state index in [-0.39, 0.29) is 30.6 Å². The number of aliphatic hydroxyl groups excluding tert-OH is 1. The van der Waals surface area contributed by atoms with E-state index in [1.54, 1.807) is 4.90 Å². The molecule has 0 aliphatic carbocycles. The molecular formula is C21H34N4O5. The number of carbonyl (C=O) groups excluding carboxylic acids is 1. The van der Waals surface area contributed by atoms with Crippen molar-refractivity contribution in [3.05, 3.63) is 0 Å². The monoisotopic (exact) mass is 422 g/mol. The largest absolute Gasteiger partial charge is 0.387 e. The molecule has 0 aromatic heterocycles. The number of rotatable bonds is 5. The van der Waals surface area contributed by atoms with Crippen LogP contribution >= 0.6 is 0 Å². The van der Waals surface area contributed by atoms with Gasteiger partial charge in [-0.3, -0.25) is 4.79 Å². The van der Waals surface area contributed by atoms with Crippen molar-refractivity contribution in [3.63, 3.8) is 0 Å². The highest BCUT2D eigenvalue weighted by Crippen LogP contribution is 2.37. The molecule has 4 aliphatic rings. The highest BCUT2D eigenvalue weighted by Gasteiger charge is 2.54. The number of hydrogen-bond donors (Lipinski definition) is 2. The molecule has 9 heteroatoms. The van der Waals surface area contributed by atoms with E-state index in [2.05, 4.69) is 23.2 Å². The van der Waals surface area contributed by atoms with Crippen molar-refractivity contribution in [3.8, 4) is 6.07 Å². The first kappa shape index (κ1) is 21.9. The highest BCUT2D eigenvalue weighted by atomic mass is 16.8. The normalized spacial score (nSPS) is 39.2. The topological polar surface area (TPSA) is 107 Å². The first-order chi connectivity index (χ1) is 14.3. The Morgan fingerprint density at radius 2 is 2.03 bits per heavy atom. The van der Waals surface area contributed by atoms with Crippen molar-refractivity contribution < 1.29 is 24.1 Å². The fraction of sp³-hybridized carbons (Fsp3) is 0.905. The van der Waals surface area contributed by atoms with Gasteiger partial charge in [0.1, 0.15) is 24.4 Å². The van der Waals surface area contributed by atoms with Gasteiger partial charge < -0.3 is 34.4 Å². The zero-order valence-electron chi connectivity index (χ0n) is 18.1. The Bertz CT molecular complexity index is 675. The van der Waals surface area contributed by atoms with Crippen LogP contribution in [-0.2, 0) is 19.0 Å². The number of likely N-dealkylation sites (tertiary alicyclic amines) is 2. The third-order valence-corrected chi connectivity index (χ3v) is 6.66. The number of amides is 1. The fourth-order valence-corrected chi connectivity index (χ4v) is 5.06. The lowest BCUT2D eigenvalue weighted by Gasteiger charge is -2.35. The summed E-state index contributed by atoms with van der Waals surface area (Å²) in [4.78, 5) is 16.5. The van der Waals surface area contributed by atoms with Gasteiger partial charge in [0, 0.05) is 19.1 Å². The van der Waals surface area contributed by atoms with E-state index in [0.29, 0.717) is 19.0 Å². The SMILES string of the molecule is CC1C[C@@H](C#N)N(C(=O)CNC2CCN(C[C@H]3O[C@@H]4OC(C)(C)O[C@@H]4[C@H]3O)CC2)C1. The molecule has 4 fully saturated rings. The van der Waals surface area contributed by atoms with Crippen LogP contribution < -0.4 is 5.32 Å². The first-order valence-corrected chi connectivity index (χ1v) is 11.1. The van der Waals surface area contributed by atoms with Gasteiger partial charge in [0.25, 0.3) is 0 Å². The Hall–Kier alpha value is -1.28. The van der Waals surface area contributed by atoms with Crippen LogP contribution in [0.4, 0.5) is 0 Å². The van der Waals surface area contributed by atoms with Crippen LogP contribution in [0, 0.1) is 17.2 Å². The molecule has 4 heterocycles. The van der Waals surface area contributed by atoms with Gasteiger partial charge in [0.05, 0.1) is 12.6 Å². The molecule has 0 aromatic carbocycles. The van der Waals surface area contributed by atoms with Gasteiger partial charge in [0.2, 0.25) is 5.91 Å². The predicted molar refractivity (Wildman–Crippen MR) is 107 cm³/mol. The minimum Gasteiger partial charge on any atom is -0.387 e. The summed E-state index contributed by atoms with van der Waals surface area (Å²) in [5, 5.41) is 23.2. The molecule has 4 aliphatic heterocycles.